The number of piperazine rings is 1. The van der Waals surface area contributed by atoms with Gasteiger partial charge in [0.25, 0.3) is 0 Å². The second kappa shape index (κ2) is 9.15. The van der Waals surface area contributed by atoms with Crippen LogP contribution in [0.15, 0.2) is 59.8 Å². The minimum Gasteiger partial charge on any atom is -0.357 e. The number of hydrogen-bond donors (Lipinski definition) is 1. The highest BCUT2D eigenvalue weighted by molar-refractivity contribution is 6.01. The second-order valence-corrected chi connectivity index (χ2v) is 11.1. The standard InChI is InChI=1S/C29H36N4O2/c1-20-9-11-21(12-10-20)28-27-23(17-29(2,3)18-25(27)34)30-22-7-5-6-8-24(22)33(28)19-26(35)32-15-13-31(4)14-16-32/h5-12,28,30H,13-19H2,1-4H3. The summed E-state index contributed by atoms with van der Waals surface area (Å²) in [6, 6.07) is 16.2. The van der Waals surface area contributed by atoms with Crippen molar-refractivity contribution in [2.45, 2.75) is 39.7 Å². The second-order valence-electron chi connectivity index (χ2n) is 11.1. The minimum atomic E-state index is -0.318. The Morgan fingerprint density at radius 2 is 1.69 bits per heavy atom. The Bertz CT molecular complexity index is 1160. The molecule has 1 unspecified atom stereocenters. The molecule has 2 aromatic carbocycles. The van der Waals surface area contributed by atoms with Crippen LogP contribution in [0.5, 0.6) is 0 Å². The summed E-state index contributed by atoms with van der Waals surface area (Å²) in [7, 11) is 2.09. The van der Waals surface area contributed by atoms with E-state index in [4.69, 9.17) is 0 Å². The molecule has 0 spiro atoms. The van der Waals surface area contributed by atoms with Gasteiger partial charge in [0.1, 0.15) is 0 Å². The SMILES string of the molecule is Cc1ccc(C2C3=C(CC(C)(C)CC3=O)Nc3ccccc3N2CC(=O)N2CCN(C)CC2)cc1. The van der Waals surface area contributed by atoms with E-state index in [1.54, 1.807) is 0 Å². The molecule has 1 amide bonds. The number of ketones is 1. The quantitative estimate of drug-likeness (QED) is 0.718. The van der Waals surface area contributed by atoms with E-state index in [1.807, 2.05) is 17.0 Å². The van der Waals surface area contributed by atoms with Crippen molar-refractivity contribution < 1.29 is 9.59 Å². The molecule has 2 aliphatic heterocycles. The van der Waals surface area contributed by atoms with Crippen molar-refractivity contribution in [2.24, 2.45) is 5.41 Å². The number of allylic oxidation sites excluding steroid dienone is 1. The number of para-hydroxylation sites is 2. The third-order valence-electron chi connectivity index (χ3n) is 7.56. The molecule has 1 aliphatic carbocycles. The fraction of sp³-hybridized carbons (Fsp3) is 0.448. The van der Waals surface area contributed by atoms with Gasteiger partial charge in [-0.05, 0) is 43.5 Å². The molecule has 0 saturated carbocycles. The minimum absolute atomic E-state index is 0.109. The largest absolute Gasteiger partial charge is 0.357 e. The monoisotopic (exact) mass is 472 g/mol. The van der Waals surface area contributed by atoms with Crippen LogP contribution in [0, 0.1) is 12.3 Å². The average molecular weight is 473 g/mol. The molecule has 35 heavy (non-hydrogen) atoms. The van der Waals surface area contributed by atoms with Gasteiger partial charge in [-0.15, -0.1) is 0 Å². The van der Waals surface area contributed by atoms with Crippen LogP contribution in [0.2, 0.25) is 0 Å². The maximum Gasteiger partial charge on any atom is 0.242 e. The third-order valence-corrected chi connectivity index (χ3v) is 7.56. The molecule has 1 saturated heterocycles. The number of Topliss-reactive ketones (excluding diaryl/α,β-unsaturated/α-hetero) is 1. The van der Waals surface area contributed by atoms with Crippen LogP contribution in [0.1, 0.15) is 43.9 Å². The van der Waals surface area contributed by atoms with Gasteiger partial charge in [-0.25, -0.2) is 0 Å². The number of amides is 1. The van der Waals surface area contributed by atoms with Gasteiger partial charge >= 0.3 is 0 Å². The van der Waals surface area contributed by atoms with Gasteiger partial charge in [0.2, 0.25) is 5.91 Å². The van der Waals surface area contributed by atoms with Crippen molar-refractivity contribution >= 4 is 23.1 Å². The predicted molar refractivity (Wildman–Crippen MR) is 140 cm³/mol. The molecule has 2 heterocycles. The van der Waals surface area contributed by atoms with Crippen LogP contribution in [0.3, 0.4) is 0 Å². The van der Waals surface area contributed by atoms with Gasteiger partial charge in [0.15, 0.2) is 5.78 Å². The smallest absolute Gasteiger partial charge is 0.242 e. The van der Waals surface area contributed by atoms with Crippen molar-refractivity contribution in [3.05, 3.63) is 70.9 Å². The lowest BCUT2D eigenvalue weighted by Gasteiger charge is -2.39. The number of rotatable bonds is 3. The van der Waals surface area contributed by atoms with Crippen molar-refractivity contribution in [3.63, 3.8) is 0 Å². The summed E-state index contributed by atoms with van der Waals surface area (Å²) < 4.78 is 0. The summed E-state index contributed by atoms with van der Waals surface area (Å²) in [5.74, 6) is 0.275. The Morgan fingerprint density at radius 3 is 2.40 bits per heavy atom. The molecule has 6 nitrogen and oxygen atoms in total. The summed E-state index contributed by atoms with van der Waals surface area (Å²) in [5, 5.41) is 3.63. The average Bonchev–Trinajstić information content (AvgIpc) is 2.94. The summed E-state index contributed by atoms with van der Waals surface area (Å²) >= 11 is 0. The number of nitrogens with zero attached hydrogens (tertiary/aromatic N) is 3. The van der Waals surface area contributed by atoms with E-state index in [0.717, 1.165) is 60.8 Å². The zero-order chi connectivity index (χ0) is 24.7. The van der Waals surface area contributed by atoms with Gasteiger partial charge < -0.3 is 20.0 Å². The Labute approximate surface area is 208 Å². The molecule has 1 N–H and O–H groups in total. The van der Waals surface area contributed by atoms with E-state index in [1.165, 1.54) is 5.56 Å². The maximum absolute atomic E-state index is 13.7. The zero-order valence-electron chi connectivity index (χ0n) is 21.3. The van der Waals surface area contributed by atoms with E-state index in [0.29, 0.717) is 6.42 Å². The molecular weight excluding hydrogens is 436 g/mol. The molecule has 0 bridgehead atoms. The topological polar surface area (TPSA) is 55.9 Å². The van der Waals surface area contributed by atoms with Gasteiger partial charge in [0.05, 0.1) is 24.0 Å². The normalized spacial score (nSPS) is 22.3. The zero-order valence-corrected chi connectivity index (χ0v) is 21.3. The molecule has 1 atom stereocenters. The highest BCUT2D eigenvalue weighted by Crippen LogP contribution is 2.48. The predicted octanol–water partition coefficient (Wildman–Crippen LogP) is 4.39. The lowest BCUT2D eigenvalue weighted by molar-refractivity contribution is -0.131. The van der Waals surface area contributed by atoms with E-state index in [2.05, 4.69) is 79.3 Å². The fourth-order valence-electron chi connectivity index (χ4n) is 5.62. The first-order chi connectivity index (χ1) is 16.7. The van der Waals surface area contributed by atoms with Gasteiger partial charge in [-0.1, -0.05) is 55.8 Å². The lowest BCUT2D eigenvalue weighted by atomic mass is 9.73. The number of fused-ring (bicyclic) bond motifs is 1. The molecular formula is C29H36N4O2. The summed E-state index contributed by atoms with van der Waals surface area (Å²) in [6.07, 6.45) is 1.30. The van der Waals surface area contributed by atoms with Crippen LogP contribution in [0.4, 0.5) is 11.4 Å². The Morgan fingerprint density at radius 1 is 1.00 bits per heavy atom. The summed E-state index contributed by atoms with van der Waals surface area (Å²) in [4.78, 5) is 33.7. The van der Waals surface area contributed by atoms with Crippen molar-refractivity contribution in [3.8, 4) is 0 Å². The van der Waals surface area contributed by atoms with Crippen LogP contribution in [-0.4, -0.2) is 61.3 Å². The molecule has 184 valence electrons. The van der Waals surface area contributed by atoms with E-state index in [-0.39, 0.29) is 29.7 Å². The first-order valence-electron chi connectivity index (χ1n) is 12.6. The molecule has 6 heteroatoms. The number of carbonyl (C=O) groups is 2. The number of nitrogens with one attached hydrogen (secondary N) is 1. The molecule has 5 rings (SSSR count). The van der Waals surface area contributed by atoms with Crippen molar-refractivity contribution in [1.82, 2.24) is 9.80 Å². The third kappa shape index (κ3) is 4.72. The van der Waals surface area contributed by atoms with Gasteiger partial charge in [-0.2, -0.15) is 0 Å². The fourth-order valence-corrected chi connectivity index (χ4v) is 5.62. The summed E-state index contributed by atoms with van der Waals surface area (Å²) in [5.41, 5.74) is 5.80. The molecule has 0 radical (unpaired) electrons. The number of aryl methyl sites for hydroxylation is 1. The number of anilines is 2. The first-order valence-corrected chi connectivity index (χ1v) is 12.6. The van der Waals surface area contributed by atoms with Gasteiger partial charge in [-0.3, -0.25) is 9.59 Å². The number of carbonyl (C=O) groups excluding carboxylic acids is 2. The lowest BCUT2D eigenvalue weighted by Crippen LogP contribution is -2.50. The van der Waals surface area contributed by atoms with Crippen LogP contribution < -0.4 is 10.2 Å². The van der Waals surface area contributed by atoms with E-state index < -0.39 is 0 Å². The first kappa shape index (κ1) is 23.6. The molecule has 2 aromatic rings. The highest BCUT2D eigenvalue weighted by Gasteiger charge is 2.42. The van der Waals surface area contributed by atoms with Gasteiger partial charge in [0, 0.05) is 43.9 Å². The number of likely N-dealkylation sites (N-methyl/N-ethyl adjacent to an activating group) is 1. The number of benzene rings is 2. The van der Waals surface area contributed by atoms with Crippen molar-refractivity contribution in [2.75, 3.05) is 50.0 Å². The van der Waals surface area contributed by atoms with Crippen LogP contribution in [-0.2, 0) is 9.59 Å². The Balaban J connectivity index is 1.63. The number of hydrogen-bond acceptors (Lipinski definition) is 5. The molecule has 1 fully saturated rings. The Hall–Kier alpha value is -3.12. The van der Waals surface area contributed by atoms with E-state index in [9.17, 15) is 9.59 Å². The molecule has 0 aromatic heterocycles. The van der Waals surface area contributed by atoms with Crippen LogP contribution in [0.25, 0.3) is 0 Å². The van der Waals surface area contributed by atoms with Crippen molar-refractivity contribution in [1.29, 1.82) is 0 Å². The van der Waals surface area contributed by atoms with E-state index >= 15 is 0 Å². The maximum atomic E-state index is 13.7. The molecule has 3 aliphatic rings. The Kier molecular flexibility index (Phi) is 6.18. The highest BCUT2D eigenvalue weighted by atomic mass is 16.2. The summed E-state index contributed by atoms with van der Waals surface area (Å²) in [6.45, 7) is 9.85. The van der Waals surface area contributed by atoms with Crippen LogP contribution >= 0.6 is 0 Å².